The number of methoxy groups -OCH3 is 1. The fourth-order valence-electron chi connectivity index (χ4n) is 2.31. The summed E-state index contributed by atoms with van der Waals surface area (Å²) >= 11 is 0. The van der Waals surface area contributed by atoms with Crippen LogP contribution in [-0.4, -0.2) is 33.7 Å². The molecule has 1 atom stereocenters. The van der Waals surface area contributed by atoms with E-state index in [-0.39, 0.29) is 29.4 Å². The summed E-state index contributed by atoms with van der Waals surface area (Å²) in [7, 11) is -2.04. The minimum Gasteiger partial charge on any atom is -0.375 e. The van der Waals surface area contributed by atoms with Gasteiger partial charge in [0.25, 0.3) is 0 Å². The minimum atomic E-state index is -3.50. The van der Waals surface area contributed by atoms with Gasteiger partial charge in [-0.25, -0.2) is 12.8 Å². The second-order valence-electron chi connectivity index (χ2n) is 5.47. The minimum absolute atomic E-state index is 0.129. The average molecular weight is 365 g/mol. The van der Waals surface area contributed by atoms with E-state index in [2.05, 4.69) is 5.32 Å². The molecule has 0 aliphatic carbocycles. The van der Waals surface area contributed by atoms with Gasteiger partial charge in [0.15, 0.2) is 9.84 Å². The lowest BCUT2D eigenvalue weighted by molar-refractivity contribution is -0.121. The van der Waals surface area contributed by atoms with Gasteiger partial charge in [-0.15, -0.1) is 0 Å². The molecule has 0 spiro atoms. The highest BCUT2D eigenvalue weighted by Crippen LogP contribution is 2.17. The van der Waals surface area contributed by atoms with Crippen molar-refractivity contribution in [3.8, 4) is 0 Å². The lowest BCUT2D eigenvalue weighted by Gasteiger charge is -2.16. The van der Waals surface area contributed by atoms with E-state index < -0.39 is 21.8 Å². The van der Waals surface area contributed by atoms with Crippen LogP contribution in [0.1, 0.15) is 18.1 Å². The van der Waals surface area contributed by atoms with E-state index in [0.29, 0.717) is 5.56 Å². The molecular weight excluding hydrogens is 345 g/mol. The quantitative estimate of drug-likeness (QED) is 0.780. The number of amides is 1. The first-order valence-electron chi connectivity index (χ1n) is 7.75. The first-order chi connectivity index (χ1) is 11.9. The molecule has 5 nitrogen and oxygen atoms in total. The predicted molar refractivity (Wildman–Crippen MR) is 92.3 cm³/mol. The molecule has 0 saturated heterocycles. The molecule has 25 heavy (non-hydrogen) atoms. The molecule has 0 saturated carbocycles. The molecule has 2 rings (SSSR count). The third-order valence-electron chi connectivity index (χ3n) is 3.69. The summed E-state index contributed by atoms with van der Waals surface area (Å²) in [6.07, 6.45) is -0.665. The van der Waals surface area contributed by atoms with E-state index in [1.807, 2.05) is 0 Å². The second kappa shape index (κ2) is 8.73. The summed E-state index contributed by atoms with van der Waals surface area (Å²) in [4.78, 5) is 12.1. The lowest BCUT2D eigenvalue weighted by atomic mass is 10.1. The molecule has 0 heterocycles. The zero-order valence-corrected chi connectivity index (χ0v) is 14.6. The fraction of sp³-hybridized carbons (Fsp3) is 0.278. The number of sulfone groups is 1. The molecule has 0 aromatic heterocycles. The Labute approximate surface area is 146 Å². The molecule has 0 aliphatic heterocycles. The number of halogens is 1. The molecule has 7 heteroatoms. The third-order valence-corrected chi connectivity index (χ3v) is 5.42. The molecule has 0 fully saturated rings. The van der Waals surface area contributed by atoms with Gasteiger partial charge in [0, 0.05) is 20.1 Å². The maximum Gasteiger partial charge on any atom is 0.221 e. The van der Waals surface area contributed by atoms with Gasteiger partial charge in [0.1, 0.15) is 5.82 Å². The third kappa shape index (κ3) is 5.65. The van der Waals surface area contributed by atoms with Crippen molar-refractivity contribution in [3.63, 3.8) is 0 Å². The molecule has 0 aliphatic rings. The Balaban J connectivity index is 1.88. The normalized spacial score (nSPS) is 12.6. The first-order valence-corrected chi connectivity index (χ1v) is 9.40. The van der Waals surface area contributed by atoms with Crippen molar-refractivity contribution in [2.45, 2.75) is 17.4 Å². The van der Waals surface area contributed by atoms with Crippen molar-refractivity contribution in [2.24, 2.45) is 0 Å². The SMILES string of the molecule is COC(CNC(=O)CCS(=O)(=O)c1ccccc1)c1cccc(F)c1. The monoisotopic (exact) mass is 365 g/mol. The number of benzene rings is 2. The van der Waals surface area contributed by atoms with E-state index in [0.717, 1.165) is 0 Å². The highest BCUT2D eigenvalue weighted by molar-refractivity contribution is 7.91. The van der Waals surface area contributed by atoms with Crippen LogP contribution in [0.3, 0.4) is 0 Å². The van der Waals surface area contributed by atoms with Crippen LogP contribution in [0.15, 0.2) is 59.5 Å². The van der Waals surface area contributed by atoms with Crippen molar-refractivity contribution >= 4 is 15.7 Å². The molecule has 2 aromatic rings. The lowest BCUT2D eigenvalue weighted by Crippen LogP contribution is -2.30. The van der Waals surface area contributed by atoms with E-state index in [1.165, 1.54) is 31.4 Å². The van der Waals surface area contributed by atoms with Gasteiger partial charge in [0.05, 0.1) is 16.8 Å². The summed E-state index contributed by atoms with van der Waals surface area (Å²) in [6.45, 7) is 0.129. The first kappa shape index (κ1) is 19.1. The number of nitrogens with one attached hydrogen (secondary N) is 1. The summed E-state index contributed by atoms with van der Waals surface area (Å²) in [5.41, 5.74) is 0.597. The van der Waals surface area contributed by atoms with E-state index in [9.17, 15) is 17.6 Å². The van der Waals surface area contributed by atoms with Crippen molar-refractivity contribution < 1.29 is 22.3 Å². The van der Waals surface area contributed by atoms with E-state index in [1.54, 1.807) is 30.3 Å². The van der Waals surface area contributed by atoms with Crippen molar-refractivity contribution in [2.75, 3.05) is 19.4 Å². The van der Waals surface area contributed by atoms with Gasteiger partial charge in [0.2, 0.25) is 5.91 Å². The van der Waals surface area contributed by atoms with Crippen molar-refractivity contribution in [1.29, 1.82) is 0 Å². The van der Waals surface area contributed by atoms with Crippen LogP contribution in [0.5, 0.6) is 0 Å². The van der Waals surface area contributed by atoms with Gasteiger partial charge in [-0.05, 0) is 29.8 Å². The second-order valence-corrected chi connectivity index (χ2v) is 7.57. The number of hydrogen-bond acceptors (Lipinski definition) is 4. The Kier molecular flexibility index (Phi) is 6.66. The summed E-state index contributed by atoms with van der Waals surface area (Å²) < 4.78 is 42.8. The Bertz CT molecular complexity index is 809. The molecule has 134 valence electrons. The van der Waals surface area contributed by atoms with Crippen LogP contribution in [0.4, 0.5) is 4.39 Å². The molecule has 0 bridgehead atoms. The van der Waals surface area contributed by atoms with Gasteiger partial charge in [-0.3, -0.25) is 4.79 Å². The number of rotatable bonds is 8. The standard InChI is InChI=1S/C18H20FNO4S/c1-24-17(14-6-5-7-15(19)12-14)13-20-18(21)10-11-25(22,23)16-8-3-2-4-9-16/h2-9,12,17H,10-11,13H2,1H3,(H,20,21). The maximum atomic E-state index is 13.3. The van der Waals surface area contributed by atoms with Crippen molar-refractivity contribution in [1.82, 2.24) is 5.32 Å². The van der Waals surface area contributed by atoms with Crippen LogP contribution >= 0.6 is 0 Å². The van der Waals surface area contributed by atoms with Crippen molar-refractivity contribution in [3.05, 3.63) is 66.0 Å². The van der Waals surface area contributed by atoms with Crippen LogP contribution in [0, 0.1) is 5.82 Å². The largest absolute Gasteiger partial charge is 0.375 e. The fourth-order valence-corrected chi connectivity index (χ4v) is 3.57. The van der Waals surface area contributed by atoms with Crippen LogP contribution < -0.4 is 5.32 Å². The highest BCUT2D eigenvalue weighted by atomic mass is 32.2. The Morgan fingerprint density at radius 2 is 1.88 bits per heavy atom. The number of carbonyl (C=O) groups is 1. The van der Waals surface area contributed by atoms with Crippen LogP contribution in [0.2, 0.25) is 0 Å². The van der Waals surface area contributed by atoms with Crippen LogP contribution in [-0.2, 0) is 19.4 Å². The summed E-state index contributed by atoms with van der Waals surface area (Å²) in [5, 5.41) is 2.62. The summed E-state index contributed by atoms with van der Waals surface area (Å²) in [6, 6.07) is 13.9. The molecule has 1 N–H and O–H groups in total. The highest BCUT2D eigenvalue weighted by Gasteiger charge is 2.17. The van der Waals surface area contributed by atoms with Gasteiger partial charge in [-0.1, -0.05) is 30.3 Å². The number of hydrogen-bond donors (Lipinski definition) is 1. The number of carbonyl (C=O) groups excluding carboxylic acids is 1. The zero-order chi connectivity index (χ0) is 18.3. The Morgan fingerprint density at radius 3 is 2.52 bits per heavy atom. The number of ether oxygens (including phenoxy) is 1. The molecular formula is C18H20FNO4S. The molecule has 1 unspecified atom stereocenters. The van der Waals surface area contributed by atoms with E-state index in [4.69, 9.17) is 4.74 Å². The van der Waals surface area contributed by atoms with Gasteiger partial charge in [-0.2, -0.15) is 0 Å². The van der Waals surface area contributed by atoms with Gasteiger partial charge < -0.3 is 10.1 Å². The topological polar surface area (TPSA) is 72.5 Å². The summed E-state index contributed by atoms with van der Waals surface area (Å²) in [5.74, 6) is -1.07. The maximum absolute atomic E-state index is 13.3. The van der Waals surface area contributed by atoms with Crippen LogP contribution in [0.25, 0.3) is 0 Å². The zero-order valence-electron chi connectivity index (χ0n) is 13.8. The average Bonchev–Trinajstić information content (AvgIpc) is 2.61. The molecule has 1 amide bonds. The predicted octanol–water partition coefficient (Wildman–Crippen LogP) is 2.49. The Hall–Kier alpha value is -2.25. The smallest absolute Gasteiger partial charge is 0.221 e. The molecule has 2 aromatic carbocycles. The van der Waals surface area contributed by atoms with E-state index >= 15 is 0 Å². The molecule has 0 radical (unpaired) electrons. The Morgan fingerprint density at radius 1 is 1.16 bits per heavy atom. The van der Waals surface area contributed by atoms with Gasteiger partial charge >= 0.3 is 0 Å².